The average Bonchev–Trinajstić information content (AvgIpc) is 3.03. The highest BCUT2D eigenvalue weighted by Crippen LogP contribution is 2.41. The van der Waals surface area contributed by atoms with Crippen molar-refractivity contribution in [2.45, 2.75) is 32.0 Å². The van der Waals surface area contributed by atoms with Crippen LogP contribution < -0.4 is 0 Å². The van der Waals surface area contributed by atoms with Crippen LogP contribution in [0.25, 0.3) is 0 Å². The van der Waals surface area contributed by atoms with Gasteiger partial charge in [-0.15, -0.1) is 11.3 Å². The molecule has 2 aliphatic rings. The Morgan fingerprint density at radius 2 is 2.21 bits per heavy atom. The van der Waals surface area contributed by atoms with E-state index in [1.54, 1.807) is 12.3 Å². The number of carbonyl (C=O) groups excluding carboxylic acids is 2. The van der Waals surface area contributed by atoms with Crippen LogP contribution >= 0.6 is 22.9 Å². The van der Waals surface area contributed by atoms with E-state index in [-0.39, 0.29) is 18.7 Å². The van der Waals surface area contributed by atoms with Crippen molar-refractivity contribution in [3.05, 3.63) is 44.3 Å². The Labute approximate surface area is 146 Å². The molecule has 1 amide bonds. The zero-order valence-electron chi connectivity index (χ0n) is 12.6. The van der Waals surface area contributed by atoms with E-state index in [9.17, 15) is 18.8 Å². The fourth-order valence-corrected chi connectivity index (χ4v) is 3.99. The number of carboxylic acid groups (broad SMARTS) is 1. The smallest absolute Gasteiger partial charge is 0.307 e. The Morgan fingerprint density at radius 1 is 1.50 bits per heavy atom. The molecule has 8 heteroatoms. The lowest BCUT2D eigenvalue weighted by Gasteiger charge is -2.30. The fraction of sp³-hybridized carbons (Fsp3) is 0.312. The summed E-state index contributed by atoms with van der Waals surface area (Å²) in [5.74, 6) is -2.15. The summed E-state index contributed by atoms with van der Waals surface area (Å²) in [6, 6.07) is 0.847. The number of rotatable bonds is 3. The van der Waals surface area contributed by atoms with Crippen LogP contribution in [0.4, 0.5) is 4.39 Å². The van der Waals surface area contributed by atoms with Gasteiger partial charge < -0.3 is 10.0 Å². The Kier molecular flexibility index (Phi) is 4.31. The molecule has 2 unspecified atom stereocenters. The number of nitrogens with zero attached hydrogens (tertiary/aromatic N) is 1. The Bertz CT molecular complexity index is 813. The zero-order chi connectivity index (χ0) is 17.6. The number of carboxylic acids is 1. The third kappa shape index (κ3) is 2.78. The Balaban J connectivity index is 2.06. The number of aliphatic carboxylic acids is 1. The van der Waals surface area contributed by atoms with Crippen molar-refractivity contribution in [3.8, 4) is 0 Å². The molecule has 5 nitrogen and oxygen atoms in total. The van der Waals surface area contributed by atoms with Crippen LogP contribution in [0.1, 0.15) is 30.1 Å². The molecule has 0 radical (unpaired) electrons. The van der Waals surface area contributed by atoms with Gasteiger partial charge in [-0.3, -0.25) is 14.4 Å². The highest BCUT2D eigenvalue weighted by atomic mass is 35.5. The molecule has 0 bridgehead atoms. The third-order valence-electron chi connectivity index (χ3n) is 4.22. The number of carbonyl (C=O) groups is 3. The lowest BCUT2D eigenvalue weighted by atomic mass is 9.88. The van der Waals surface area contributed by atoms with Gasteiger partial charge in [-0.25, -0.2) is 4.39 Å². The summed E-state index contributed by atoms with van der Waals surface area (Å²) < 4.78 is 14.3. The van der Waals surface area contributed by atoms with Crippen LogP contribution in [0.2, 0.25) is 4.34 Å². The molecule has 2 atom stereocenters. The molecule has 0 saturated heterocycles. The molecule has 1 N–H and O–H groups in total. The summed E-state index contributed by atoms with van der Waals surface area (Å²) >= 11 is 7.07. The summed E-state index contributed by atoms with van der Waals surface area (Å²) in [6.45, 7) is 1.61. The molecule has 0 fully saturated rings. The first-order valence-corrected chi connectivity index (χ1v) is 8.44. The van der Waals surface area contributed by atoms with Crippen molar-refractivity contribution >= 4 is 40.6 Å². The molecule has 1 aromatic heterocycles. The lowest BCUT2D eigenvalue weighted by Crippen LogP contribution is -2.41. The first kappa shape index (κ1) is 16.9. The van der Waals surface area contributed by atoms with Crippen molar-refractivity contribution in [1.29, 1.82) is 0 Å². The number of ketones is 1. The molecular weight excluding hydrogens is 357 g/mol. The maximum absolute atomic E-state index is 13.9. The number of hydrogen-bond acceptors (Lipinski definition) is 4. The number of amides is 1. The molecule has 0 spiro atoms. The first-order chi connectivity index (χ1) is 11.3. The normalized spacial score (nSPS) is 23.4. The summed E-state index contributed by atoms with van der Waals surface area (Å²) in [6.07, 6.45) is -1.06. The fourth-order valence-electron chi connectivity index (χ4n) is 3.14. The minimum absolute atomic E-state index is 0.172. The van der Waals surface area contributed by atoms with Gasteiger partial charge in [-0.2, -0.15) is 0 Å². The number of alkyl halides is 1. The van der Waals surface area contributed by atoms with Crippen molar-refractivity contribution in [2.24, 2.45) is 0 Å². The van der Waals surface area contributed by atoms with E-state index in [4.69, 9.17) is 16.7 Å². The first-order valence-electron chi connectivity index (χ1n) is 7.18. The largest absolute Gasteiger partial charge is 0.481 e. The van der Waals surface area contributed by atoms with Crippen LogP contribution in [0.15, 0.2) is 34.4 Å². The van der Waals surface area contributed by atoms with Gasteiger partial charge in [0.25, 0.3) is 5.91 Å². The highest BCUT2D eigenvalue weighted by molar-refractivity contribution is 7.14. The van der Waals surface area contributed by atoms with Gasteiger partial charge in [0.05, 0.1) is 22.4 Å². The zero-order valence-corrected chi connectivity index (χ0v) is 14.2. The maximum atomic E-state index is 13.9. The van der Waals surface area contributed by atoms with E-state index in [1.807, 2.05) is 0 Å². The summed E-state index contributed by atoms with van der Waals surface area (Å²) in [4.78, 5) is 37.0. The molecule has 1 aromatic rings. The van der Waals surface area contributed by atoms with Crippen LogP contribution in [-0.2, 0) is 9.59 Å². The van der Waals surface area contributed by atoms with Gasteiger partial charge in [-0.1, -0.05) is 11.6 Å². The molecular formula is C16H13ClFNO4S. The number of fused-ring (bicyclic) bond motifs is 1. The van der Waals surface area contributed by atoms with E-state index in [0.29, 0.717) is 26.7 Å². The number of thiophene rings is 1. The average molecular weight is 370 g/mol. The second kappa shape index (κ2) is 6.14. The minimum Gasteiger partial charge on any atom is -0.481 e. The molecule has 3 rings (SSSR count). The van der Waals surface area contributed by atoms with Crippen molar-refractivity contribution in [3.63, 3.8) is 0 Å². The molecule has 0 aromatic carbocycles. The van der Waals surface area contributed by atoms with E-state index < -0.39 is 24.0 Å². The summed E-state index contributed by atoms with van der Waals surface area (Å²) in [5, 5.41) is 10.7. The topological polar surface area (TPSA) is 74.7 Å². The van der Waals surface area contributed by atoms with Crippen LogP contribution in [-0.4, -0.2) is 39.9 Å². The quantitative estimate of drug-likeness (QED) is 0.887. The third-order valence-corrected chi connectivity index (χ3v) is 5.31. The number of hydrogen-bond donors (Lipinski definition) is 1. The monoisotopic (exact) mass is 369 g/mol. The standard InChI is InChI=1S/C16H13ClFNO4S/c1-7-9(4-15(21)22)10-3-13(20)11(18)5-12(10)19(7)16(23)8-2-14(17)24-6-8/h2-3,6,11-12H,4-5H2,1H3,(H,21,22). The van der Waals surface area contributed by atoms with Crippen LogP contribution in [0.5, 0.6) is 0 Å². The van der Waals surface area contributed by atoms with Gasteiger partial charge in [0.2, 0.25) is 0 Å². The predicted octanol–water partition coefficient (Wildman–Crippen LogP) is 3.21. The molecule has 24 heavy (non-hydrogen) atoms. The van der Waals surface area contributed by atoms with Crippen molar-refractivity contribution in [1.82, 2.24) is 4.90 Å². The molecule has 2 heterocycles. The van der Waals surface area contributed by atoms with E-state index >= 15 is 0 Å². The van der Waals surface area contributed by atoms with Gasteiger partial charge in [0, 0.05) is 17.5 Å². The Morgan fingerprint density at radius 3 is 2.79 bits per heavy atom. The van der Waals surface area contributed by atoms with E-state index in [0.717, 1.165) is 6.08 Å². The lowest BCUT2D eigenvalue weighted by molar-refractivity contribution is -0.136. The molecule has 1 aliphatic carbocycles. The maximum Gasteiger partial charge on any atom is 0.307 e. The van der Waals surface area contributed by atoms with Crippen LogP contribution in [0, 0.1) is 0 Å². The summed E-state index contributed by atoms with van der Waals surface area (Å²) in [5.41, 5.74) is 1.60. The number of allylic oxidation sites excluding steroid dienone is 2. The summed E-state index contributed by atoms with van der Waals surface area (Å²) in [7, 11) is 0. The SMILES string of the molecule is CC1=C(CC(=O)O)C2=CC(=O)C(F)CC2N1C(=O)c1csc(Cl)c1. The number of halogens is 2. The van der Waals surface area contributed by atoms with Gasteiger partial charge >= 0.3 is 5.97 Å². The van der Waals surface area contributed by atoms with Gasteiger partial charge in [0.15, 0.2) is 12.0 Å². The van der Waals surface area contributed by atoms with Crippen LogP contribution in [0.3, 0.4) is 0 Å². The highest BCUT2D eigenvalue weighted by Gasteiger charge is 2.43. The van der Waals surface area contributed by atoms with Crippen molar-refractivity contribution in [2.75, 3.05) is 0 Å². The van der Waals surface area contributed by atoms with Gasteiger partial charge in [-0.05, 0) is 30.2 Å². The predicted molar refractivity (Wildman–Crippen MR) is 86.8 cm³/mol. The molecule has 126 valence electrons. The van der Waals surface area contributed by atoms with Gasteiger partial charge in [0.1, 0.15) is 0 Å². The molecule has 1 aliphatic heterocycles. The minimum atomic E-state index is -1.70. The molecule has 0 saturated carbocycles. The Hall–Kier alpha value is -1.99. The second-order valence-corrected chi connectivity index (χ2v) is 7.21. The second-order valence-electron chi connectivity index (χ2n) is 5.67. The van der Waals surface area contributed by atoms with Crippen molar-refractivity contribution < 1.29 is 23.9 Å². The van der Waals surface area contributed by atoms with E-state index in [2.05, 4.69) is 0 Å². The van der Waals surface area contributed by atoms with E-state index in [1.165, 1.54) is 22.3 Å².